The second-order valence-electron chi connectivity index (χ2n) is 3.37. The highest BCUT2D eigenvalue weighted by Crippen LogP contribution is 1.94. The largest absolute Gasteiger partial charge is 0.384 e. The molecule has 5 heteroatoms. The van der Waals surface area contributed by atoms with Crippen LogP contribution in [0.1, 0.15) is 12.1 Å². The maximum atomic E-state index is 11.2. The molecule has 0 unspecified atom stereocenters. The van der Waals surface area contributed by atoms with E-state index in [9.17, 15) is 4.79 Å². The fraction of sp³-hybridized carbons (Fsp3) is 0.600. The number of amides is 1. The number of carbonyl (C=O) groups is 1. The van der Waals surface area contributed by atoms with Crippen molar-refractivity contribution in [2.75, 3.05) is 20.3 Å². The fourth-order valence-corrected chi connectivity index (χ4v) is 1.21. The van der Waals surface area contributed by atoms with Crippen LogP contribution in [0, 0.1) is 0 Å². The van der Waals surface area contributed by atoms with Crippen LogP contribution in [0.5, 0.6) is 0 Å². The number of ether oxygens (including phenoxy) is 1. The number of carbonyl (C=O) groups excluding carboxylic acids is 1. The van der Waals surface area contributed by atoms with Crippen molar-refractivity contribution < 1.29 is 9.53 Å². The highest BCUT2D eigenvalue weighted by molar-refractivity contribution is 5.75. The van der Waals surface area contributed by atoms with Gasteiger partial charge in [0.1, 0.15) is 0 Å². The number of rotatable bonds is 6. The van der Waals surface area contributed by atoms with Crippen molar-refractivity contribution >= 4 is 5.91 Å². The average Bonchev–Trinajstić information content (AvgIpc) is 2.61. The molecule has 0 aliphatic heterocycles. The summed E-state index contributed by atoms with van der Waals surface area (Å²) in [5.41, 5.74) is 0.990. The Labute approximate surface area is 89.4 Å². The molecule has 15 heavy (non-hydrogen) atoms. The van der Waals surface area contributed by atoms with E-state index in [0.717, 1.165) is 12.1 Å². The van der Waals surface area contributed by atoms with E-state index in [1.807, 2.05) is 17.8 Å². The minimum absolute atomic E-state index is 0.0211. The summed E-state index contributed by atoms with van der Waals surface area (Å²) in [7, 11) is 3.51. The molecule has 0 saturated heterocycles. The summed E-state index contributed by atoms with van der Waals surface area (Å²) in [4.78, 5) is 15.3. The number of nitrogens with zero attached hydrogens (tertiary/aromatic N) is 2. The van der Waals surface area contributed by atoms with Gasteiger partial charge in [-0.25, -0.2) is 4.98 Å². The third-order valence-corrected chi connectivity index (χ3v) is 1.99. The zero-order valence-corrected chi connectivity index (χ0v) is 9.19. The van der Waals surface area contributed by atoms with Crippen LogP contribution in [0.15, 0.2) is 12.5 Å². The summed E-state index contributed by atoms with van der Waals surface area (Å²) in [5.74, 6) is 0.0211. The first-order valence-corrected chi connectivity index (χ1v) is 4.95. The van der Waals surface area contributed by atoms with Crippen molar-refractivity contribution in [3.8, 4) is 0 Å². The van der Waals surface area contributed by atoms with E-state index in [1.54, 1.807) is 13.4 Å². The van der Waals surface area contributed by atoms with Gasteiger partial charge in [-0.3, -0.25) is 4.79 Å². The zero-order valence-electron chi connectivity index (χ0n) is 9.19. The number of aromatic nitrogens is 2. The van der Waals surface area contributed by atoms with Crippen LogP contribution in [0.25, 0.3) is 0 Å². The predicted octanol–water partition coefficient (Wildman–Crippen LogP) is 0.115. The molecular weight excluding hydrogens is 194 g/mol. The third-order valence-electron chi connectivity index (χ3n) is 1.99. The highest BCUT2D eigenvalue weighted by atomic mass is 16.5. The lowest BCUT2D eigenvalue weighted by Gasteiger charge is -2.02. The summed E-state index contributed by atoms with van der Waals surface area (Å²) >= 11 is 0. The van der Waals surface area contributed by atoms with E-state index >= 15 is 0 Å². The molecule has 1 heterocycles. The molecule has 0 aromatic carbocycles. The molecule has 0 radical (unpaired) electrons. The molecule has 1 aromatic heterocycles. The van der Waals surface area contributed by atoms with E-state index in [0.29, 0.717) is 19.6 Å². The lowest BCUT2D eigenvalue weighted by atomic mass is 10.3. The predicted molar refractivity (Wildman–Crippen MR) is 56.4 cm³/mol. The second kappa shape index (κ2) is 6.19. The summed E-state index contributed by atoms with van der Waals surface area (Å²) in [5, 5.41) is 2.81. The summed E-state index contributed by atoms with van der Waals surface area (Å²) in [6.45, 7) is 1.09. The van der Waals surface area contributed by atoms with Crippen LogP contribution in [-0.4, -0.2) is 35.7 Å². The van der Waals surface area contributed by atoms with Gasteiger partial charge in [0.15, 0.2) is 0 Å². The van der Waals surface area contributed by atoms with Crippen molar-refractivity contribution in [1.82, 2.24) is 14.9 Å². The average molecular weight is 211 g/mol. The van der Waals surface area contributed by atoms with E-state index in [1.165, 1.54) is 0 Å². The third kappa shape index (κ3) is 4.60. The molecule has 0 atom stereocenters. The van der Waals surface area contributed by atoms with Gasteiger partial charge < -0.3 is 14.6 Å². The normalized spacial score (nSPS) is 10.3. The summed E-state index contributed by atoms with van der Waals surface area (Å²) in [6, 6.07) is 0. The quantitative estimate of drug-likeness (QED) is 0.727. The molecule has 1 rings (SSSR count). The van der Waals surface area contributed by atoms with Gasteiger partial charge in [0.25, 0.3) is 0 Å². The van der Waals surface area contributed by atoms with Crippen LogP contribution in [0.4, 0.5) is 0 Å². The van der Waals surface area contributed by atoms with Gasteiger partial charge in [0, 0.05) is 39.7 Å². The molecule has 0 saturated carbocycles. The standard InChI is InChI=1S/C10H17N3O2/c1-13-7-9(12-8-13)3-5-11-10(14)4-6-15-2/h7-8H,3-6H2,1-2H3,(H,11,14). The van der Waals surface area contributed by atoms with E-state index in [4.69, 9.17) is 4.74 Å². The summed E-state index contributed by atoms with van der Waals surface area (Å²) < 4.78 is 6.69. The number of nitrogens with one attached hydrogen (secondary N) is 1. The Kier molecular flexibility index (Phi) is 4.83. The molecule has 0 fully saturated rings. The first kappa shape index (κ1) is 11.7. The molecule has 1 N–H and O–H groups in total. The van der Waals surface area contributed by atoms with E-state index in [2.05, 4.69) is 10.3 Å². The summed E-state index contributed by atoms with van der Waals surface area (Å²) in [6.07, 6.45) is 4.88. The molecule has 1 amide bonds. The number of methoxy groups -OCH3 is 1. The molecule has 1 aromatic rings. The van der Waals surface area contributed by atoms with Crippen LogP contribution < -0.4 is 5.32 Å². The smallest absolute Gasteiger partial charge is 0.222 e. The number of hydrogen-bond donors (Lipinski definition) is 1. The van der Waals surface area contributed by atoms with Gasteiger partial charge in [0.05, 0.1) is 18.6 Å². The topological polar surface area (TPSA) is 56.1 Å². The van der Waals surface area contributed by atoms with Crippen LogP contribution in [0.2, 0.25) is 0 Å². The lowest BCUT2D eigenvalue weighted by molar-refractivity contribution is -0.121. The first-order valence-electron chi connectivity index (χ1n) is 4.95. The second-order valence-corrected chi connectivity index (χ2v) is 3.37. The Morgan fingerprint density at radius 2 is 2.47 bits per heavy atom. The molecule has 84 valence electrons. The Bertz CT molecular complexity index is 309. The maximum absolute atomic E-state index is 11.2. The Morgan fingerprint density at radius 3 is 3.07 bits per heavy atom. The zero-order chi connectivity index (χ0) is 11.1. The van der Waals surface area contributed by atoms with Crippen molar-refractivity contribution in [3.05, 3.63) is 18.2 Å². The first-order chi connectivity index (χ1) is 7.22. The van der Waals surface area contributed by atoms with Crippen molar-refractivity contribution in [1.29, 1.82) is 0 Å². The van der Waals surface area contributed by atoms with Crippen molar-refractivity contribution in [3.63, 3.8) is 0 Å². The van der Waals surface area contributed by atoms with Gasteiger partial charge in [-0.2, -0.15) is 0 Å². The minimum Gasteiger partial charge on any atom is -0.384 e. The van der Waals surface area contributed by atoms with E-state index < -0.39 is 0 Å². The Hall–Kier alpha value is -1.36. The fourth-order valence-electron chi connectivity index (χ4n) is 1.21. The van der Waals surface area contributed by atoms with Gasteiger partial charge in [-0.15, -0.1) is 0 Å². The Morgan fingerprint density at radius 1 is 1.67 bits per heavy atom. The molecule has 0 aliphatic rings. The van der Waals surface area contributed by atoms with Crippen LogP contribution in [-0.2, 0) is 23.0 Å². The van der Waals surface area contributed by atoms with Crippen LogP contribution in [0.3, 0.4) is 0 Å². The lowest BCUT2D eigenvalue weighted by Crippen LogP contribution is -2.26. The number of imidazole rings is 1. The monoisotopic (exact) mass is 211 g/mol. The molecule has 0 aliphatic carbocycles. The molecule has 5 nitrogen and oxygen atoms in total. The molecular formula is C10H17N3O2. The van der Waals surface area contributed by atoms with Crippen molar-refractivity contribution in [2.24, 2.45) is 7.05 Å². The minimum atomic E-state index is 0.0211. The van der Waals surface area contributed by atoms with Crippen LogP contribution >= 0.6 is 0 Å². The van der Waals surface area contributed by atoms with Gasteiger partial charge in [-0.1, -0.05) is 0 Å². The maximum Gasteiger partial charge on any atom is 0.222 e. The Balaban J connectivity index is 2.13. The molecule has 0 spiro atoms. The van der Waals surface area contributed by atoms with Gasteiger partial charge >= 0.3 is 0 Å². The van der Waals surface area contributed by atoms with Crippen molar-refractivity contribution in [2.45, 2.75) is 12.8 Å². The number of aryl methyl sites for hydroxylation is 1. The van der Waals surface area contributed by atoms with Gasteiger partial charge in [-0.05, 0) is 0 Å². The molecule has 0 bridgehead atoms. The van der Waals surface area contributed by atoms with Gasteiger partial charge in [0.2, 0.25) is 5.91 Å². The number of hydrogen-bond acceptors (Lipinski definition) is 3. The SMILES string of the molecule is COCCC(=O)NCCc1cn(C)cn1. The highest BCUT2D eigenvalue weighted by Gasteiger charge is 2.01. The van der Waals surface area contributed by atoms with E-state index in [-0.39, 0.29) is 5.91 Å².